The van der Waals surface area contributed by atoms with E-state index in [0.717, 1.165) is 28.2 Å². The molecular formula is C28H24F3N4O3+. The minimum absolute atomic E-state index is 0.323. The molecule has 4 amide bonds. The highest BCUT2D eigenvalue weighted by Crippen LogP contribution is 2.37. The maximum atomic E-state index is 13.8. The van der Waals surface area contributed by atoms with E-state index in [0.29, 0.717) is 22.6 Å². The number of benzene rings is 3. The molecule has 0 saturated heterocycles. The minimum atomic E-state index is -4.68. The van der Waals surface area contributed by atoms with E-state index in [1.54, 1.807) is 30.1 Å². The van der Waals surface area contributed by atoms with Gasteiger partial charge in [0.1, 0.15) is 5.69 Å². The molecule has 1 unspecified atom stereocenters. The number of urea groups is 1. The number of fused-ring (bicyclic) bond motifs is 3. The molecule has 5 rings (SSSR count). The van der Waals surface area contributed by atoms with Crippen molar-refractivity contribution >= 4 is 40.6 Å². The number of carbonyl (C=O) groups excluding carboxylic acids is 3. The molecular weight excluding hydrogens is 497 g/mol. The molecule has 3 aromatic carbocycles. The molecule has 38 heavy (non-hydrogen) atoms. The minimum Gasteiger partial charge on any atom is -0.354 e. The number of alkyl halides is 3. The number of nitrogens with one attached hydrogen (secondary N) is 1. The molecule has 0 aliphatic carbocycles. The van der Waals surface area contributed by atoms with Crippen molar-refractivity contribution in [2.24, 2.45) is 0 Å². The third kappa shape index (κ3) is 4.21. The van der Waals surface area contributed by atoms with Crippen molar-refractivity contribution in [3.05, 3.63) is 89.0 Å². The van der Waals surface area contributed by atoms with Crippen LogP contribution in [-0.2, 0) is 15.8 Å². The Kier molecular flexibility index (Phi) is 6.05. The molecule has 0 radical (unpaired) electrons. The van der Waals surface area contributed by atoms with Crippen LogP contribution in [0.2, 0.25) is 0 Å². The summed E-state index contributed by atoms with van der Waals surface area (Å²) < 4.78 is 41.6. The molecule has 10 heteroatoms. The average Bonchev–Trinajstić information content (AvgIpc) is 3.13. The van der Waals surface area contributed by atoms with Gasteiger partial charge < -0.3 is 10.2 Å². The lowest BCUT2D eigenvalue weighted by atomic mass is 10.0. The predicted molar refractivity (Wildman–Crippen MR) is 137 cm³/mol. The normalized spacial score (nSPS) is 17.1. The Morgan fingerprint density at radius 1 is 0.974 bits per heavy atom. The number of aryl methyl sites for hydroxylation is 2. The fourth-order valence-corrected chi connectivity index (χ4v) is 4.98. The fourth-order valence-electron chi connectivity index (χ4n) is 4.98. The number of anilines is 3. The highest BCUT2D eigenvalue weighted by Gasteiger charge is 2.55. The Morgan fingerprint density at radius 2 is 1.68 bits per heavy atom. The predicted octanol–water partition coefficient (Wildman–Crippen LogP) is 4.75. The van der Waals surface area contributed by atoms with Crippen LogP contribution >= 0.6 is 0 Å². The summed E-state index contributed by atoms with van der Waals surface area (Å²) in [4.78, 5) is 43.5. The molecule has 0 spiro atoms. The highest BCUT2D eigenvalue weighted by atomic mass is 19.4. The van der Waals surface area contributed by atoms with Crippen molar-refractivity contribution in [1.82, 2.24) is 0 Å². The lowest BCUT2D eigenvalue weighted by molar-refractivity contribution is -0.415. The molecule has 0 saturated carbocycles. The highest BCUT2D eigenvalue weighted by molar-refractivity contribution is 6.33. The van der Waals surface area contributed by atoms with E-state index >= 15 is 0 Å². The second-order valence-electron chi connectivity index (χ2n) is 9.39. The lowest BCUT2D eigenvalue weighted by Crippen LogP contribution is -2.61. The number of para-hydroxylation sites is 1. The Hall–Kier alpha value is -4.47. The molecule has 2 aliphatic rings. The zero-order valence-electron chi connectivity index (χ0n) is 20.8. The van der Waals surface area contributed by atoms with Crippen LogP contribution in [0.1, 0.15) is 22.3 Å². The van der Waals surface area contributed by atoms with Gasteiger partial charge in [-0.1, -0.05) is 35.9 Å². The second kappa shape index (κ2) is 9.13. The number of rotatable bonds is 4. The molecule has 0 aromatic heterocycles. The Labute approximate surface area is 216 Å². The molecule has 194 valence electrons. The summed E-state index contributed by atoms with van der Waals surface area (Å²) >= 11 is 0. The van der Waals surface area contributed by atoms with Gasteiger partial charge in [-0.05, 0) is 55.8 Å². The van der Waals surface area contributed by atoms with Gasteiger partial charge in [0.05, 0.1) is 11.3 Å². The Bertz CT molecular complexity index is 1530. The van der Waals surface area contributed by atoms with Gasteiger partial charge in [0.2, 0.25) is 0 Å². The monoisotopic (exact) mass is 521 g/mol. The van der Waals surface area contributed by atoms with Gasteiger partial charge in [0.15, 0.2) is 18.3 Å². The van der Waals surface area contributed by atoms with E-state index in [9.17, 15) is 27.6 Å². The van der Waals surface area contributed by atoms with Gasteiger partial charge >= 0.3 is 18.1 Å². The van der Waals surface area contributed by atoms with E-state index < -0.39 is 47.9 Å². The van der Waals surface area contributed by atoms with E-state index in [1.807, 2.05) is 38.1 Å². The van der Waals surface area contributed by atoms with E-state index in [4.69, 9.17) is 0 Å². The van der Waals surface area contributed by atoms with E-state index in [2.05, 4.69) is 5.32 Å². The fraction of sp³-hybridized carbons (Fsp3) is 0.214. The first-order valence-corrected chi connectivity index (χ1v) is 11.9. The summed E-state index contributed by atoms with van der Waals surface area (Å²) in [6.45, 7) is 3.10. The summed E-state index contributed by atoms with van der Waals surface area (Å²) in [6, 6.07) is 15.4. The standard InChI is InChI=1S/C28H23F3N4O3/c1-16-7-6-8-18(13-16)35-26(37)25-24(19-14-17(2)11-12-22(19)33(25)3)34(27(35)38)15-23(36)32-21-10-5-4-9-20(21)28(29,30)31/h4-14,25H,15H2,1-3H3/p+1. The zero-order chi connectivity index (χ0) is 27.4. The molecule has 2 aliphatic heterocycles. The average molecular weight is 522 g/mol. The number of hydrogen-bond donors (Lipinski definition) is 1. The van der Waals surface area contributed by atoms with Crippen LogP contribution in [0.5, 0.6) is 0 Å². The van der Waals surface area contributed by atoms with Gasteiger partial charge in [0.25, 0.3) is 5.91 Å². The maximum absolute atomic E-state index is 13.8. The first-order chi connectivity index (χ1) is 18.0. The summed E-state index contributed by atoms with van der Waals surface area (Å²) in [5.74, 6) is -1.31. The maximum Gasteiger partial charge on any atom is 0.506 e. The molecule has 2 heterocycles. The largest absolute Gasteiger partial charge is 0.506 e. The van der Waals surface area contributed by atoms with Crippen LogP contribution < -0.4 is 15.1 Å². The topological polar surface area (TPSA) is 72.7 Å². The lowest BCUT2D eigenvalue weighted by Gasteiger charge is -2.28. The summed E-state index contributed by atoms with van der Waals surface area (Å²) in [5.41, 5.74) is 2.28. The van der Waals surface area contributed by atoms with Crippen LogP contribution in [0, 0.1) is 13.8 Å². The van der Waals surface area contributed by atoms with E-state index in [-0.39, 0.29) is 0 Å². The summed E-state index contributed by atoms with van der Waals surface area (Å²) in [6.07, 6.45) is -4.68. The van der Waals surface area contributed by atoms with Crippen molar-refractivity contribution in [3.63, 3.8) is 0 Å². The summed E-state index contributed by atoms with van der Waals surface area (Å²) in [7, 11) is 1.73. The Balaban J connectivity index is 1.61. The molecule has 3 aromatic rings. The van der Waals surface area contributed by atoms with Crippen molar-refractivity contribution in [2.45, 2.75) is 26.1 Å². The number of amides is 4. The van der Waals surface area contributed by atoms with Crippen LogP contribution in [0.15, 0.2) is 66.7 Å². The first kappa shape index (κ1) is 25.2. The zero-order valence-corrected chi connectivity index (χ0v) is 20.8. The third-order valence-electron chi connectivity index (χ3n) is 6.69. The van der Waals surface area contributed by atoms with Gasteiger partial charge in [-0.2, -0.15) is 22.5 Å². The van der Waals surface area contributed by atoms with Crippen LogP contribution in [0.4, 0.5) is 35.0 Å². The summed E-state index contributed by atoms with van der Waals surface area (Å²) in [5, 5.41) is 2.30. The van der Waals surface area contributed by atoms with Gasteiger partial charge in [-0.3, -0.25) is 4.79 Å². The number of likely N-dealkylation sites (N-methyl/N-ethyl adjacent to an activating group) is 1. The number of carbonyl (C=O) groups is 3. The van der Waals surface area contributed by atoms with Crippen molar-refractivity contribution in [3.8, 4) is 0 Å². The smallest absolute Gasteiger partial charge is 0.354 e. The molecule has 7 nitrogen and oxygen atoms in total. The molecule has 0 bridgehead atoms. The number of halogens is 3. The van der Waals surface area contributed by atoms with Gasteiger partial charge in [-0.25, -0.2) is 4.79 Å². The van der Waals surface area contributed by atoms with Gasteiger partial charge in [0, 0.05) is 18.3 Å². The second-order valence-corrected chi connectivity index (χ2v) is 9.39. The Morgan fingerprint density at radius 3 is 2.39 bits per heavy atom. The number of nitrogens with zero attached hydrogens (tertiary/aromatic N) is 3. The van der Waals surface area contributed by atoms with Crippen molar-refractivity contribution < 1.29 is 32.1 Å². The number of hydrogen-bond acceptors (Lipinski definition) is 4. The van der Waals surface area contributed by atoms with Crippen LogP contribution in [0.3, 0.4) is 0 Å². The molecule has 0 fully saturated rings. The van der Waals surface area contributed by atoms with Crippen LogP contribution in [0.25, 0.3) is 0 Å². The van der Waals surface area contributed by atoms with E-state index in [1.165, 1.54) is 16.7 Å². The van der Waals surface area contributed by atoms with Crippen LogP contribution in [-0.4, -0.2) is 47.8 Å². The SMILES string of the molecule is Cc1cccc(N2C(=O)C3C(=[N+](CC(=O)Nc4ccccc4C(F)(F)F)C2=O)c2cc(C)ccc2N3C)c1. The number of imide groups is 1. The van der Waals surface area contributed by atoms with Crippen molar-refractivity contribution in [2.75, 3.05) is 28.7 Å². The quantitative estimate of drug-likeness (QED) is 0.503. The molecule has 1 atom stereocenters. The van der Waals surface area contributed by atoms with Gasteiger partial charge in [-0.15, -0.1) is 4.90 Å². The van der Waals surface area contributed by atoms with Crippen molar-refractivity contribution in [1.29, 1.82) is 0 Å². The first-order valence-electron chi connectivity index (χ1n) is 11.9. The third-order valence-corrected chi connectivity index (χ3v) is 6.69. The molecule has 1 N–H and O–H groups in total.